The van der Waals surface area contributed by atoms with Crippen LogP contribution in [0.15, 0.2) is 45.8 Å². The zero-order valence-electron chi connectivity index (χ0n) is 10.7. The Balaban J connectivity index is 1.96. The summed E-state index contributed by atoms with van der Waals surface area (Å²) in [6.45, 7) is 1.22. The van der Waals surface area contributed by atoms with Gasteiger partial charge in [0.25, 0.3) is 5.91 Å². The standard InChI is InChI=1S/C14H12FNO4/c1-9-14(12(17)6-7-19-9)20-8-13(18)16-11-4-2-10(15)3-5-11/h2-7H,8H2,1H3,(H,16,18). The minimum absolute atomic E-state index is 0.00163. The Labute approximate surface area is 114 Å². The van der Waals surface area contributed by atoms with E-state index in [0.29, 0.717) is 11.4 Å². The van der Waals surface area contributed by atoms with Crippen molar-refractivity contribution < 1.29 is 18.3 Å². The van der Waals surface area contributed by atoms with Crippen LogP contribution in [0.5, 0.6) is 5.75 Å². The summed E-state index contributed by atoms with van der Waals surface area (Å²) >= 11 is 0. The number of ether oxygens (including phenoxy) is 1. The Hall–Kier alpha value is -2.63. The van der Waals surface area contributed by atoms with Gasteiger partial charge in [-0.3, -0.25) is 9.59 Å². The highest BCUT2D eigenvalue weighted by Gasteiger charge is 2.09. The van der Waals surface area contributed by atoms with Crippen LogP contribution in [0.2, 0.25) is 0 Å². The number of rotatable bonds is 4. The van der Waals surface area contributed by atoms with Crippen molar-refractivity contribution in [2.75, 3.05) is 11.9 Å². The summed E-state index contributed by atoms with van der Waals surface area (Å²) in [6.07, 6.45) is 1.25. The molecule has 1 amide bonds. The Morgan fingerprint density at radius 3 is 2.65 bits per heavy atom. The molecule has 5 nitrogen and oxygen atoms in total. The van der Waals surface area contributed by atoms with Gasteiger partial charge in [-0.1, -0.05) is 0 Å². The second-order valence-corrected chi connectivity index (χ2v) is 4.01. The Bertz CT molecular complexity index is 664. The molecule has 0 fully saturated rings. The third-order valence-corrected chi connectivity index (χ3v) is 2.48. The molecule has 0 aliphatic heterocycles. The van der Waals surface area contributed by atoms with Gasteiger partial charge in [0.2, 0.25) is 11.2 Å². The molecule has 20 heavy (non-hydrogen) atoms. The first-order valence-electron chi connectivity index (χ1n) is 5.83. The molecular weight excluding hydrogens is 265 g/mol. The maximum atomic E-state index is 12.7. The van der Waals surface area contributed by atoms with E-state index in [0.717, 1.165) is 0 Å². The fraction of sp³-hybridized carbons (Fsp3) is 0.143. The van der Waals surface area contributed by atoms with Gasteiger partial charge >= 0.3 is 0 Å². The van der Waals surface area contributed by atoms with Crippen molar-refractivity contribution in [3.05, 3.63) is 58.4 Å². The van der Waals surface area contributed by atoms with Gasteiger partial charge in [-0.25, -0.2) is 4.39 Å². The average Bonchev–Trinajstić information content (AvgIpc) is 2.41. The van der Waals surface area contributed by atoms with E-state index in [1.165, 1.54) is 36.6 Å². The largest absolute Gasteiger partial charge is 0.476 e. The predicted octanol–water partition coefficient (Wildman–Crippen LogP) is 2.10. The van der Waals surface area contributed by atoms with Crippen LogP contribution in [0.3, 0.4) is 0 Å². The maximum Gasteiger partial charge on any atom is 0.262 e. The summed E-state index contributed by atoms with van der Waals surface area (Å²) in [5.41, 5.74) is 0.0835. The van der Waals surface area contributed by atoms with E-state index in [-0.39, 0.29) is 17.8 Å². The third kappa shape index (κ3) is 3.44. The molecule has 0 atom stereocenters. The third-order valence-electron chi connectivity index (χ3n) is 2.48. The molecule has 0 saturated carbocycles. The highest BCUT2D eigenvalue weighted by molar-refractivity contribution is 5.91. The maximum absolute atomic E-state index is 12.7. The van der Waals surface area contributed by atoms with E-state index in [1.54, 1.807) is 6.92 Å². The van der Waals surface area contributed by atoms with E-state index in [1.807, 2.05) is 0 Å². The van der Waals surface area contributed by atoms with E-state index >= 15 is 0 Å². The first kappa shape index (κ1) is 13.8. The van der Waals surface area contributed by atoms with Crippen molar-refractivity contribution in [1.29, 1.82) is 0 Å². The lowest BCUT2D eigenvalue weighted by atomic mass is 10.3. The summed E-state index contributed by atoms with van der Waals surface area (Å²) in [5, 5.41) is 2.52. The lowest BCUT2D eigenvalue weighted by Gasteiger charge is -2.08. The summed E-state index contributed by atoms with van der Waals surface area (Å²) < 4.78 is 22.8. The van der Waals surface area contributed by atoms with Crippen LogP contribution in [0, 0.1) is 12.7 Å². The molecule has 1 heterocycles. The number of halogens is 1. The highest BCUT2D eigenvalue weighted by Crippen LogP contribution is 2.11. The quantitative estimate of drug-likeness (QED) is 0.929. The van der Waals surface area contributed by atoms with Crippen molar-refractivity contribution in [1.82, 2.24) is 0 Å². The number of carbonyl (C=O) groups excluding carboxylic acids is 1. The lowest BCUT2D eigenvalue weighted by Crippen LogP contribution is -2.22. The van der Waals surface area contributed by atoms with Gasteiger partial charge < -0.3 is 14.5 Å². The molecule has 0 radical (unpaired) electrons. The van der Waals surface area contributed by atoms with Crippen LogP contribution >= 0.6 is 0 Å². The fourth-order valence-electron chi connectivity index (χ4n) is 1.54. The van der Waals surface area contributed by atoms with Crippen molar-refractivity contribution in [3.8, 4) is 5.75 Å². The molecule has 0 unspecified atom stereocenters. The molecule has 1 N–H and O–H groups in total. The molecule has 0 saturated heterocycles. The first-order valence-corrected chi connectivity index (χ1v) is 5.83. The topological polar surface area (TPSA) is 68.5 Å². The average molecular weight is 277 g/mol. The van der Waals surface area contributed by atoms with Gasteiger partial charge in [0.05, 0.1) is 6.26 Å². The molecule has 0 aliphatic rings. The zero-order chi connectivity index (χ0) is 14.5. The molecule has 6 heteroatoms. The molecule has 0 spiro atoms. The normalized spacial score (nSPS) is 10.1. The second-order valence-electron chi connectivity index (χ2n) is 4.01. The van der Waals surface area contributed by atoms with Gasteiger partial charge in [-0.15, -0.1) is 0 Å². The number of anilines is 1. The molecular formula is C14H12FNO4. The minimum Gasteiger partial charge on any atom is -0.476 e. The number of hydrogen-bond acceptors (Lipinski definition) is 4. The zero-order valence-corrected chi connectivity index (χ0v) is 10.7. The SMILES string of the molecule is Cc1occc(=O)c1OCC(=O)Nc1ccc(F)cc1. The molecule has 2 aromatic rings. The van der Waals surface area contributed by atoms with E-state index in [9.17, 15) is 14.0 Å². The Morgan fingerprint density at radius 2 is 2.00 bits per heavy atom. The number of carbonyl (C=O) groups is 1. The highest BCUT2D eigenvalue weighted by atomic mass is 19.1. The Kier molecular flexibility index (Phi) is 4.14. The van der Waals surface area contributed by atoms with Crippen LogP contribution in [0.25, 0.3) is 0 Å². The van der Waals surface area contributed by atoms with Crippen molar-refractivity contribution in [3.63, 3.8) is 0 Å². The predicted molar refractivity (Wildman–Crippen MR) is 70.2 cm³/mol. The van der Waals surface area contributed by atoms with Crippen LogP contribution in [-0.4, -0.2) is 12.5 Å². The van der Waals surface area contributed by atoms with E-state index in [2.05, 4.69) is 5.32 Å². The van der Waals surface area contributed by atoms with E-state index < -0.39 is 11.7 Å². The second kappa shape index (κ2) is 6.01. The number of benzene rings is 1. The summed E-state index contributed by atoms with van der Waals surface area (Å²) in [5.74, 6) is -0.551. The van der Waals surface area contributed by atoms with E-state index in [4.69, 9.17) is 9.15 Å². The summed E-state index contributed by atoms with van der Waals surface area (Å²) in [7, 11) is 0. The van der Waals surface area contributed by atoms with Gasteiger partial charge in [0, 0.05) is 11.8 Å². The molecule has 1 aromatic carbocycles. The van der Waals surface area contributed by atoms with Gasteiger partial charge in [0.15, 0.2) is 6.61 Å². The number of nitrogens with one attached hydrogen (secondary N) is 1. The molecule has 0 aliphatic carbocycles. The van der Waals surface area contributed by atoms with Crippen LogP contribution in [0.1, 0.15) is 5.76 Å². The van der Waals surface area contributed by atoms with Crippen molar-refractivity contribution >= 4 is 11.6 Å². The van der Waals surface area contributed by atoms with Crippen molar-refractivity contribution in [2.45, 2.75) is 6.92 Å². The summed E-state index contributed by atoms with van der Waals surface area (Å²) in [4.78, 5) is 23.1. The fourth-order valence-corrected chi connectivity index (χ4v) is 1.54. The van der Waals surface area contributed by atoms with Gasteiger partial charge in [-0.2, -0.15) is 0 Å². The van der Waals surface area contributed by atoms with Crippen LogP contribution < -0.4 is 15.5 Å². The van der Waals surface area contributed by atoms with Gasteiger partial charge in [0.1, 0.15) is 11.6 Å². The van der Waals surface area contributed by atoms with Crippen molar-refractivity contribution in [2.24, 2.45) is 0 Å². The van der Waals surface area contributed by atoms with Crippen LogP contribution in [0.4, 0.5) is 10.1 Å². The summed E-state index contributed by atoms with van der Waals surface area (Å²) in [6, 6.07) is 6.52. The molecule has 0 bridgehead atoms. The molecule has 104 valence electrons. The molecule has 1 aromatic heterocycles. The van der Waals surface area contributed by atoms with Crippen LogP contribution in [-0.2, 0) is 4.79 Å². The number of aryl methyl sites for hydroxylation is 1. The molecule has 2 rings (SSSR count). The van der Waals surface area contributed by atoms with Gasteiger partial charge in [-0.05, 0) is 31.2 Å². The number of hydrogen-bond donors (Lipinski definition) is 1. The Morgan fingerprint density at radius 1 is 1.30 bits per heavy atom. The monoisotopic (exact) mass is 277 g/mol. The smallest absolute Gasteiger partial charge is 0.262 e. The lowest BCUT2D eigenvalue weighted by molar-refractivity contribution is -0.118. The minimum atomic E-state index is -0.459. The first-order chi connectivity index (χ1) is 9.56. The number of amides is 1.